The van der Waals surface area contributed by atoms with Gasteiger partial charge in [0, 0.05) is 37.3 Å². The first-order valence-electron chi connectivity index (χ1n) is 13.1. The molecule has 1 aliphatic heterocycles. The molecule has 2 N–H and O–H groups in total. The molecule has 206 valence electrons. The molecule has 5 rings (SSSR count). The number of hydrogen-bond acceptors (Lipinski definition) is 6. The van der Waals surface area contributed by atoms with Crippen molar-refractivity contribution in [2.75, 3.05) is 4.90 Å². The van der Waals surface area contributed by atoms with E-state index >= 15 is 0 Å². The van der Waals surface area contributed by atoms with Crippen LogP contribution in [0.4, 0.5) is 19.3 Å². The van der Waals surface area contributed by atoms with Crippen molar-refractivity contribution in [3.8, 4) is 0 Å². The second-order valence-electron chi connectivity index (χ2n) is 9.90. The van der Waals surface area contributed by atoms with E-state index in [1.807, 2.05) is 17.1 Å². The van der Waals surface area contributed by atoms with Crippen LogP contribution in [0.1, 0.15) is 63.0 Å². The van der Waals surface area contributed by atoms with Gasteiger partial charge in [-0.05, 0) is 44.2 Å². The minimum absolute atomic E-state index is 0.00785. The van der Waals surface area contributed by atoms with Gasteiger partial charge < -0.3 is 15.2 Å². The van der Waals surface area contributed by atoms with Gasteiger partial charge >= 0.3 is 6.03 Å². The summed E-state index contributed by atoms with van der Waals surface area (Å²) >= 11 is 0. The van der Waals surface area contributed by atoms with E-state index in [1.54, 1.807) is 6.20 Å². The Bertz CT molecular complexity index is 1360. The normalized spacial score (nSPS) is 21.3. The number of benzene rings is 1. The molecule has 39 heavy (non-hydrogen) atoms. The molecular weight excluding hydrogens is 510 g/mol. The van der Waals surface area contributed by atoms with Crippen LogP contribution in [0.2, 0.25) is 0 Å². The summed E-state index contributed by atoms with van der Waals surface area (Å²) in [6, 6.07) is 1.07. The van der Waals surface area contributed by atoms with Gasteiger partial charge in [0.25, 0.3) is 5.91 Å². The Morgan fingerprint density at radius 3 is 2.72 bits per heavy atom. The number of anilines is 1. The molecule has 0 spiro atoms. The molecule has 4 amide bonds. The van der Waals surface area contributed by atoms with E-state index in [0.29, 0.717) is 17.5 Å². The van der Waals surface area contributed by atoms with Crippen LogP contribution in [0.3, 0.4) is 0 Å². The number of imide groups is 1. The van der Waals surface area contributed by atoms with Crippen molar-refractivity contribution in [1.29, 1.82) is 0 Å². The molecule has 1 aliphatic carbocycles. The van der Waals surface area contributed by atoms with E-state index in [0.717, 1.165) is 55.8 Å². The molecule has 1 aromatic carbocycles. The highest BCUT2D eigenvalue weighted by Crippen LogP contribution is 2.28. The Kier molecular flexibility index (Phi) is 7.66. The molecule has 0 bridgehead atoms. The first-order valence-corrected chi connectivity index (χ1v) is 13.1. The first-order chi connectivity index (χ1) is 18.8. The summed E-state index contributed by atoms with van der Waals surface area (Å²) in [5.41, 5.74) is 0.543. The summed E-state index contributed by atoms with van der Waals surface area (Å²) < 4.78 is 31.3. The van der Waals surface area contributed by atoms with Crippen molar-refractivity contribution in [2.45, 2.75) is 76.5 Å². The van der Waals surface area contributed by atoms with E-state index in [1.165, 1.54) is 0 Å². The third kappa shape index (κ3) is 5.81. The molecule has 0 radical (unpaired) electrons. The van der Waals surface area contributed by atoms with Gasteiger partial charge in [-0.15, -0.1) is 5.10 Å². The van der Waals surface area contributed by atoms with Crippen LogP contribution in [0.15, 0.2) is 36.8 Å². The lowest BCUT2D eigenvalue weighted by Gasteiger charge is -2.29. The Labute approximate surface area is 223 Å². The molecule has 3 heterocycles. The van der Waals surface area contributed by atoms with Crippen molar-refractivity contribution < 1.29 is 23.2 Å². The Morgan fingerprint density at radius 2 is 1.97 bits per heavy atom. The predicted octanol–water partition coefficient (Wildman–Crippen LogP) is 2.87. The smallest absolute Gasteiger partial charge is 0.329 e. The SMILES string of the molecule is CCc1nccn1Cc1cn(C2CCC(NC(=O)CCC3NC(=O)N(c4ccc(F)cc4F)C3=O)CC2)nn1. The summed E-state index contributed by atoms with van der Waals surface area (Å²) in [6.45, 7) is 2.68. The lowest BCUT2D eigenvalue weighted by atomic mass is 9.91. The molecule has 1 saturated carbocycles. The van der Waals surface area contributed by atoms with E-state index in [4.69, 9.17) is 0 Å². The maximum Gasteiger partial charge on any atom is 0.329 e. The highest BCUT2D eigenvalue weighted by atomic mass is 19.1. The van der Waals surface area contributed by atoms with Gasteiger partial charge in [-0.3, -0.25) is 9.59 Å². The Morgan fingerprint density at radius 1 is 1.18 bits per heavy atom. The predicted molar refractivity (Wildman–Crippen MR) is 136 cm³/mol. The fourth-order valence-electron chi connectivity index (χ4n) is 5.21. The number of nitrogens with zero attached hydrogens (tertiary/aromatic N) is 6. The second kappa shape index (κ2) is 11.3. The average molecular weight is 541 g/mol. The van der Waals surface area contributed by atoms with E-state index < -0.39 is 29.6 Å². The molecule has 1 saturated heterocycles. The van der Waals surface area contributed by atoms with E-state index in [2.05, 4.69) is 37.4 Å². The maximum atomic E-state index is 14.1. The number of hydrogen-bond donors (Lipinski definition) is 2. The summed E-state index contributed by atoms with van der Waals surface area (Å²) in [6.07, 6.45) is 9.87. The zero-order chi connectivity index (χ0) is 27.5. The largest absolute Gasteiger partial charge is 0.353 e. The van der Waals surface area contributed by atoms with E-state index in [9.17, 15) is 23.2 Å². The minimum Gasteiger partial charge on any atom is -0.353 e. The monoisotopic (exact) mass is 540 g/mol. The number of imidazole rings is 1. The molecule has 1 unspecified atom stereocenters. The van der Waals surface area contributed by atoms with Crippen molar-refractivity contribution >= 4 is 23.5 Å². The molecule has 13 heteroatoms. The molecular formula is C26H30F2N8O3. The van der Waals surface area contributed by atoms with Crippen LogP contribution in [0, 0.1) is 11.6 Å². The number of amides is 4. The summed E-state index contributed by atoms with van der Waals surface area (Å²) in [7, 11) is 0. The van der Waals surface area contributed by atoms with Crippen molar-refractivity contribution in [3.05, 3.63) is 59.9 Å². The van der Waals surface area contributed by atoms with Crippen LogP contribution in [-0.4, -0.2) is 54.5 Å². The molecule has 2 aromatic heterocycles. The van der Waals surface area contributed by atoms with Crippen LogP contribution in [0.25, 0.3) is 0 Å². The summed E-state index contributed by atoms with van der Waals surface area (Å²) in [5.74, 6) is -1.72. The number of carbonyl (C=O) groups excluding carboxylic acids is 3. The molecule has 1 atom stereocenters. The molecule has 11 nitrogen and oxygen atoms in total. The Hall–Kier alpha value is -4.16. The van der Waals surface area contributed by atoms with Gasteiger partial charge in [-0.25, -0.2) is 28.1 Å². The summed E-state index contributed by atoms with van der Waals surface area (Å²) in [4.78, 5) is 42.5. The highest BCUT2D eigenvalue weighted by Gasteiger charge is 2.40. The number of aryl methyl sites for hydroxylation is 1. The van der Waals surface area contributed by atoms with E-state index in [-0.39, 0.29) is 36.5 Å². The molecule has 3 aromatic rings. The number of rotatable bonds is 9. The van der Waals surface area contributed by atoms with Gasteiger partial charge in [-0.2, -0.15) is 0 Å². The highest BCUT2D eigenvalue weighted by molar-refractivity contribution is 6.21. The average Bonchev–Trinajstić information content (AvgIpc) is 3.63. The van der Waals surface area contributed by atoms with Crippen LogP contribution in [0.5, 0.6) is 0 Å². The standard InChI is InChI=1S/C26H30F2N8O3/c1-2-23-29-11-12-34(23)14-18-15-35(33-32-18)19-6-4-17(5-7-19)30-24(37)10-8-21-25(38)36(26(39)31-21)22-9-3-16(27)13-20(22)28/h3,9,11-13,15,17,19,21H,2,4-8,10,14H2,1H3,(H,30,37)(H,31,39). The van der Waals surface area contributed by atoms with Gasteiger partial charge in [0.15, 0.2) is 0 Å². The Balaban J connectivity index is 1.07. The van der Waals surface area contributed by atoms with Crippen LogP contribution >= 0.6 is 0 Å². The van der Waals surface area contributed by atoms with Crippen molar-refractivity contribution in [1.82, 2.24) is 35.2 Å². The number of urea groups is 1. The number of aromatic nitrogens is 5. The van der Waals surface area contributed by atoms with Gasteiger partial charge in [-0.1, -0.05) is 12.1 Å². The number of nitrogens with one attached hydrogen (secondary N) is 2. The van der Waals surface area contributed by atoms with Crippen molar-refractivity contribution in [2.24, 2.45) is 0 Å². The maximum absolute atomic E-state index is 14.1. The quantitative estimate of drug-likeness (QED) is 0.402. The minimum atomic E-state index is -1.02. The van der Waals surface area contributed by atoms with Gasteiger partial charge in [0.1, 0.15) is 29.2 Å². The lowest BCUT2D eigenvalue weighted by Crippen LogP contribution is -2.39. The topological polar surface area (TPSA) is 127 Å². The van der Waals surface area contributed by atoms with Crippen molar-refractivity contribution in [3.63, 3.8) is 0 Å². The lowest BCUT2D eigenvalue weighted by molar-refractivity contribution is -0.122. The second-order valence-corrected chi connectivity index (χ2v) is 9.90. The number of halogens is 2. The zero-order valence-electron chi connectivity index (χ0n) is 21.5. The summed E-state index contributed by atoms with van der Waals surface area (Å²) in [5, 5.41) is 14.1. The van der Waals surface area contributed by atoms with Gasteiger partial charge in [0.05, 0.1) is 24.5 Å². The first kappa shape index (κ1) is 26.4. The fraction of sp³-hybridized carbons (Fsp3) is 0.462. The van der Waals surface area contributed by atoms with Crippen LogP contribution in [-0.2, 0) is 22.6 Å². The van der Waals surface area contributed by atoms with Crippen LogP contribution < -0.4 is 15.5 Å². The molecule has 2 aliphatic rings. The fourth-order valence-corrected chi connectivity index (χ4v) is 5.21. The third-order valence-corrected chi connectivity index (χ3v) is 7.27. The number of carbonyl (C=O) groups is 3. The van der Waals surface area contributed by atoms with Gasteiger partial charge in [0.2, 0.25) is 5.91 Å². The molecule has 2 fully saturated rings. The third-order valence-electron chi connectivity index (χ3n) is 7.27. The zero-order valence-corrected chi connectivity index (χ0v) is 21.5.